The molecule has 1 aromatic rings. The molecule has 7 nitrogen and oxygen atoms in total. The van der Waals surface area contributed by atoms with Gasteiger partial charge in [-0.25, -0.2) is 13.2 Å². The highest BCUT2D eigenvalue weighted by molar-refractivity contribution is 7.89. The van der Waals surface area contributed by atoms with Crippen LogP contribution in [0, 0.1) is 5.92 Å². The summed E-state index contributed by atoms with van der Waals surface area (Å²) >= 11 is 0. The fraction of sp³-hybridized carbons (Fsp3) is 0.619. The lowest BCUT2D eigenvalue weighted by Gasteiger charge is -2.33. The minimum atomic E-state index is -3.58. The van der Waals surface area contributed by atoms with E-state index in [9.17, 15) is 18.0 Å². The number of benzene rings is 1. The van der Waals surface area contributed by atoms with E-state index >= 15 is 0 Å². The Hall–Kier alpha value is -1.93. The van der Waals surface area contributed by atoms with Crippen LogP contribution in [0.5, 0.6) is 0 Å². The first-order chi connectivity index (χ1) is 13.7. The summed E-state index contributed by atoms with van der Waals surface area (Å²) in [5.41, 5.74) is 0.213. The molecule has 0 N–H and O–H groups in total. The van der Waals surface area contributed by atoms with Crippen molar-refractivity contribution < 1.29 is 22.7 Å². The second kappa shape index (κ2) is 10.2. The van der Waals surface area contributed by atoms with Gasteiger partial charge >= 0.3 is 5.97 Å². The van der Waals surface area contributed by atoms with E-state index in [1.165, 1.54) is 28.6 Å². The molecular formula is C21H32N2O5S. The summed E-state index contributed by atoms with van der Waals surface area (Å²) in [4.78, 5) is 26.4. The normalized spacial score (nSPS) is 19.8. The lowest BCUT2D eigenvalue weighted by Crippen LogP contribution is -2.41. The Bertz CT molecular complexity index is 795. The predicted octanol–water partition coefficient (Wildman–Crippen LogP) is 2.91. The Balaban J connectivity index is 1.93. The van der Waals surface area contributed by atoms with E-state index in [4.69, 9.17) is 4.74 Å². The highest BCUT2D eigenvalue weighted by atomic mass is 32.2. The van der Waals surface area contributed by atoms with E-state index in [2.05, 4.69) is 6.92 Å². The molecule has 0 aliphatic heterocycles. The Kier molecular flexibility index (Phi) is 8.22. The quantitative estimate of drug-likeness (QED) is 0.599. The van der Waals surface area contributed by atoms with Crippen molar-refractivity contribution in [2.45, 2.75) is 57.4 Å². The van der Waals surface area contributed by atoms with E-state index in [-0.39, 0.29) is 29.0 Å². The van der Waals surface area contributed by atoms with Crippen LogP contribution in [0.3, 0.4) is 0 Å². The summed E-state index contributed by atoms with van der Waals surface area (Å²) in [6, 6.07) is 5.80. The van der Waals surface area contributed by atoms with Crippen molar-refractivity contribution in [3.63, 3.8) is 0 Å². The zero-order chi connectivity index (χ0) is 21.6. The largest absolute Gasteiger partial charge is 0.452 e. The minimum Gasteiger partial charge on any atom is -0.452 e. The van der Waals surface area contributed by atoms with Crippen LogP contribution in [0.1, 0.15) is 56.8 Å². The molecule has 0 aromatic heterocycles. The third kappa shape index (κ3) is 5.79. The van der Waals surface area contributed by atoms with Crippen LogP contribution in [0.2, 0.25) is 0 Å². The van der Waals surface area contributed by atoms with Crippen molar-refractivity contribution >= 4 is 21.9 Å². The molecule has 1 amide bonds. The molecule has 0 saturated heterocycles. The van der Waals surface area contributed by atoms with Crippen molar-refractivity contribution in [1.82, 2.24) is 9.21 Å². The molecular weight excluding hydrogens is 392 g/mol. The first-order valence-corrected chi connectivity index (χ1v) is 11.7. The molecule has 2 rings (SSSR count). The molecule has 0 atom stereocenters. The van der Waals surface area contributed by atoms with Gasteiger partial charge in [-0.15, -0.1) is 0 Å². The van der Waals surface area contributed by atoms with Crippen molar-refractivity contribution in [3.05, 3.63) is 29.8 Å². The van der Waals surface area contributed by atoms with Gasteiger partial charge in [0, 0.05) is 26.2 Å². The van der Waals surface area contributed by atoms with Gasteiger partial charge in [0.2, 0.25) is 10.0 Å². The minimum absolute atomic E-state index is 0.125. The molecule has 0 spiro atoms. The summed E-state index contributed by atoms with van der Waals surface area (Å²) in [7, 11) is -1.82. The second-order valence-corrected chi connectivity index (χ2v) is 9.55. The number of hydrogen-bond acceptors (Lipinski definition) is 5. The highest BCUT2D eigenvalue weighted by Crippen LogP contribution is 2.26. The summed E-state index contributed by atoms with van der Waals surface area (Å²) < 4.78 is 31.5. The van der Waals surface area contributed by atoms with Gasteiger partial charge in [0.15, 0.2) is 6.61 Å². The maximum Gasteiger partial charge on any atom is 0.338 e. The number of esters is 1. The number of sulfonamides is 1. The molecule has 0 bridgehead atoms. The molecule has 29 heavy (non-hydrogen) atoms. The third-order valence-corrected chi connectivity index (χ3v) is 7.75. The standard InChI is InChI=1S/C21H32N2O5S/c1-5-23(6-2)29(26,27)19-13-9-17(10-14-19)21(25)28-15-20(24)22(4)18-11-7-16(3)8-12-18/h9-10,13-14,16,18H,5-8,11-12,15H2,1-4H3. The molecule has 0 radical (unpaired) electrons. The molecule has 1 aliphatic rings. The van der Waals surface area contributed by atoms with Crippen LogP contribution < -0.4 is 0 Å². The van der Waals surface area contributed by atoms with Gasteiger partial charge in [0.1, 0.15) is 0 Å². The molecule has 162 valence electrons. The smallest absolute Gasteiger partial charge is 0.338 e. The van der Waals surface area contributed by atoms with Crippen LogP contribution in [0.15, 0.2) is 29.2 Å². The lowest BCUT2D eigenvalue weighted by atomic mass is 9.87. The average Bonchev–Trinajstić information content (AvgIpc) is 2.72. The Morgan fingerprint density at radius 1 is 1.03 bits per heavy atom. The van der Waals surface area contributed by atoms with Crippen molar-refractivity contribution in [2.75, 3.05) is 26.7 Å². The molecule has 0 unspecified atom stereocenters. The first-order valence-electron chi connectivity index (χ1n) is 10.2. The zero-order valence-corrected chi connectivity index (χ0v) is 18.6. The van der Waals surface area contributed by atoms with Gasteiger partial charge in [-0.3, -0.25) is 4.79 Å². The van der Waals surface area contributed by atoms with Crippen LogP contribution in [-0.2, 0) is 19.6 Å². The number of nitrogens with zero attached hydrogens (tertiary/aromatic N) is 2. The van der Waals surface area contributed by atoms with Crippen molar-refractivity contribution in [1.29, 1.82) is 0 Å². The van der Waals surface area contributed by atoms with E-state index in [1.807, 2.05) is 0 Å². The van der Waals surface area contributed by atoms with Gasteiger partial charge in [-0.2, -0.15) is 4.31 Å². The van der Waals surface area contributed by atoms with Gasteiger partial charge < -0.3 is 9.64 Å². The highest BCUT2D eigenvalue weighted by Gasteiger charge is 2.26. The van der Waals surface area contributed by atoms with E-state index in [0.29, 0.717) is 19.0 Å². The molecule has 1 aliphatic carbocycles. The fourth-order valence-electron chi connectivity index (χ4n) is 3.62. The SMILES string of the molecule is CCN(CC)S(=O)(=O)c1ccc(C(=O)OCC(=O)N(C)C2CCC(C)CC2)cc1. The fourth-order valence-corrected chi connectivity index (χ4v) is 5.08. The third-order valence-electron chi connectivity index (χ3n) is 5.69. The van der Waals surface area contributed by atoms with Crippen molar-refractivity contribution in [3.8, 4) is 0 Å². The Labute approximate surface area is 174 Å². The molecule has 1 aromatic carbocycles. The van der Waals surface area contributed by atoms with E-state index < -0.39 is 16.0 Å². The average molecular weight is 425 g/mol. The second-order valence-electron chi connectivity index (χ2n) is 7.61. The molecule has 1 saturated carbocycles. The number of carbonyl (C=O) groups is 2. The maximum atomic E-state index is 12.5. The van der Waals surface area contributed by atoms with Crippen LogP contribution in [0.25, 0.3) is 0 Å². The topological polar surface area (TPSA) is 84.0 Å². The molecule has 0 heterocycles. The maximum absolute atomic E-state index is 12.5. The monoisotopic (exact) mass is 424 g/mol. The van der Waals surface area contributed by atoms with Gasteiger partial charge in [-0.1, -0.05) is 20.8 Å². The number of amides is 1. The number of rotatable bonds is 8. The Morgan fingerprint density at radius 2 is 1.59 bits per heavy atom. The van der Waals surface area contributed by atoms with Crippen LogP contribution in [0.4, 0.5) is 0 Å². The summed E-state index contributed by atoms with van der Waals surface area (Å²) in [6.07, 6.45) is 4.15. The predicted molar refractivity (Wildman–Crippen MR) is 111 cm³/mol. The number of ether oxygens (including phenoxy) is 1. The van der Waals surface area contributed by atoms with Gasteiger partial charge in [0.25, 0.3) is 5.91 Å². The number of carbonyl (C=O) groups excluding carboxylic acids is 2. The molecule has 8 heteroatoms. The molecule has 1 fully saturated rings. The zero-order valence-electron chi connectivity index (χ0n) is 17.8. The van der Waals surface area contributed by atoms with Gasteiger partial charge in [0.05, 0.1) is 10.5 Å². The van der Waals surface area contributed by atoms with Gasteiger partial charge in [-0.05, 0) is 55.9 Å². The van der Waals surface area contributed by atoms with E-state index in [0.717, 1.165) is 25.7 Å². The van der Waals surface area contributed by atoms with E-state index in [1.54, 1.807) is 25.8 Å². The summed E-state index contributed by atoms with van der Waals surface area (Å²) in [6.45, 7) is 6.19. The summed E-state index contributed by atoms with van der Waals surface area (Å²) in [5, 5.41) is 0. The Morgan fingerprint density at radius 3 is 2.10 bits per heavy atom. The number of likely N-dealkylation sites (N-methyl/N-ethyl adjacent to an activating group) is 1. The first kappa shape index (κ1) is 23.3. The van der Waals surface area contributed by atoms with Crippen LogP contribution >= 0.6 is 0 Å². The number of hydrogen-bond donors (Lipinski definition) is 0. The summed E-state index contributed by atoms with van der Waals surface area (Å²) in [5.74, 6) is -0.171. The lowest BCUT2D eigenvalue weighted by molar-refractivity contribution is -0.136. The van der Waals surface area contributed by atoms with Crippen molar-refractivity contribution in [2.24, 2.45) is 5.92 Å². The van der Waals surface area contributed by atoms with Crippen LogP contribution in [-0.4, -0.2) is 62.3 Å².